The van der Waals surface area contributed by atoms with Crippen LogP contribution in [-0.2, 0) is 15.4 Å². The Morgan fingerprint density at radius 3 is 2.00 bits per heavy atom. The van der Waals surface area contributed by atoms with Crippen molar-refractivity contribution >= 4 is 15.7 Å². The van der Waals surface area contributed by atoms with Crippen molar-refractivity contribution in [3.63, 3.8) is 0 Å². The van der Waals surface area contributed by atoms with E-state index in [1.54, 1.807) is 24.3 Å². The molecule has 7 heteroatoms. The molecule has 26 heavy (non-hydrogen) atoms. The van der Waals surface area contributed by atoms with Crippen LogP contribution in [0.5, 0.6) is 17.2 Å². The van der Waals surface area contributed by atoms with Gasteiger partial charge in [-0.15, -0.1) is 0 Å². The zero-order valence-electron chi connectivity index (χ0n) is 15.9. The first kappa shape index (κ1) is 19.9. The maximum atomic E-state index is 13.0. The van der Waals surface area contributed by atoms with Crippen molar-refractivity contribution in [2.45, 2.75) is 31.1 Å². The second kappa shape index (κ2) is 7.45. The third-order valence-electron chi connectivity index (χ3n) is 3.97. The summed E-state index contributed by atoms with van der Waals surface area (Å²) in [5, 5.41) is 0. The van der Waals surface area contributed by atoms with Gasteiger partial charge in [0.15, 0.2) is 0 Å². The normalized spacial score (nSPS) is 11.8. The quantitative estimate of drug-likeness (QED) is 0.826. The van der Waals surface area contributed by atoms with Crippen molar-refractivity contribution < 1.29 is 22.6 Å². The minimum absolute atomic E-state index is 0.0115. The lowest BCUT2D eigenvalue weighted by atomic mass is 9.87. The fourth-order valence-electron chi connectivity index (χ4n) is 2.45. The molecule has 2 rings (SSSR count). The predicted octanol–water partition coefficient (Wildman–Crippen LogP) is 3.81. The summed E-state index contributed by atoms with van der Waals surface area (Å²) in [5.41, 5.74) is 1.21. The SMILES string of the molecule is COc1ccc(OC)c(S(=O)(=O)Nc2cc(C(C)(C)C)ccc2OC)c1. The van der Waals surface area contributed by atoms with Crippen LogP contribution in [0.15, 0.2) is 41.3 Å². The number of hydrogen-bond acceptors (Lipinski definition) is 5. The van der Waals surface area contributed by atoms with Crippen LogP contribution in [-0.4, -0.2) is 29.7 Å². The molecule has 6 nitrogen and oxygen atoms in total. The fourth-order valence-corrected chi connectivity index (χ4v) is 3.69. The lowest BCUT2D eigenvalue weighted by Gasteiger charge is -2.21. The van der Waals surface area contributed by atoms with Crippen LogP contribution in [0.4, 0.5) is 5.69 Å². The average molecular weight is 379 g/mol. The summed E-state index contributed by atoms with van der Waals surface area (Å²) < 4.78 is 44.2. The van der Waals surface area contributed by atoms with E-state index in [1.807, 2.05) is 6.07 Å². The lowest BCUT2D eigenvalue weighted by molar-refractivity contribution is 0.392. The number of sulfonamides is 1. The molecule has 0 aromatic heterocycles. The first-order valence-electron chi connectivity index (χ1n) is 8.05. The van der Waals surface area contributed by atoms with E-state index in [-0.39, 0.29) is 16.1 Å². The van der Waals surface area contributed by atoms with E-state index in [0.717, 1.165) is 5.56 Å². The van der Waals surface area contributed by atoms with Crippen LogP contribution >= 0.6 is 0 Å². The smallest absolute Gasteiger partial charge is 0.265 e. The molecule has 0 saturated heterocycles. The third-order valence-corrected chi connectivity index (χ3v) is 5.36. The zero-order chi connectivity index (χ0) is 19.5. The van der Waals surface area contributed by atoms with E-state index in [1.165, 1.54) is 27.4 Å². The van der Waals surface area contributed by atoms with Crippen LogP contribution in [0.2, 0.25) is 0 Å². The van der Waals surface area contributed by atoms with E-state index in [0.29, 0.717) is 17.2 Å². The highest BCUT2D eigenvalue weighted by molar-refractivity contribution is 7.92. The molecule has 0 unspecified atom stereocenters. The minimum Gasteiger partial charge on any atom is -0.497 e. The topological polar surface area (TPSA) is 73.9 Å². The molecular weight excluding hydrogens is 354 g/mol. The van der Waals surface area contributed by atoms with Gasteiger partial charge in [0.05, 0.1) is 27.0 Å². The number of hydrogen-bond donors (Lipinski definition) is 1. The highest BCUT2D eigenvalue weighted by Crippen LogP contribution is 2.35. The molecule has 0 saturated carbocycles. The van der Waals surface area contributed by atoms with E-state index in [9.17, 15) is 8.42 Å². The molecule has 0 aliphatic carbocycles. The van der Waals surface area contributed by atoms with Crippen molar-refractivity contribution in [1.82, 2.24) is 0 Å². The Labute approximate surface area is 155 Å². The second-order valence-electron chi connectivity index (χ2n) is 6.79. The molecule has 0 fully saturated rings. The van der Waals surface area contributed by atoms with Crippen LogP contribution in [0.25, 0.3) is 0 Å². The Bertz CT molecular complexity index is 885. The van der Waals surface area contributed by atoms with Gasteiger partial charge in [0.25, 0.3) is 10.0 Å². The number of rotatable bonds is 6. The summed E-state index contributed by atoms with van der Waals surface area (Å²) in [6, 6.07) is 10.1. The van der Waals surface area contributed by atoms with Crippen molar-refractivity contribution in [3.8, 4) is 17.2 Å². The monoisotopic (exact) mass is 379 g/mol. The van der Waals surface area contributed by atoms with Gasteiger partial charge in [-0.25, -0.2) is 8.42 Å². The largest absolute Gasteiger partial charge is 0.497 e. The molecule has 0 heterocycles. The summed E-state index contributed by atoms with van der Waals surface area (Å²) in [6.45, 7) is 6.16. The zero-order valence-corrected chi connectivity index (χ0v) is 16.7. The summed E-state index contributed by atoms with van der Waals surface area (Å²) in [5.74, 6) is 1.08. The van der Waals surface area contributed by atoms with E-state index in [2.05, 4.69) is 25.5 Å². The van der Waals surface area contributed by atoms with Crippen LogP contribution in [0.3, 0.4) is 0 Å². The van der Waals surface area contributed by atoms with Gasteiger partial charge in [0, 0.05) is 6.07 Å². The Balaban J connectivity index is 2.53. The Morgan fingerprint density at radius 2 is 1.46 bits per heavy atom. The first-order valence-corrected chi connectivity index (χ1v) is 9.54. The highest BCUT2D eigenvalue weighted by Gasteiger charge is 2.23. The van der Waals surface area contributed by atoms with Crippen LogP contribution in [0, 0.1) is 0 Å². The van der Waals surface area contributed by atoms with Gasteiger partial charge in [0.1, 0.15) is 22.1 Å². The Morgan fingerprint density at radius 1 is 0.846 bits per heavy atom. The Hall–Kier alpha value is -2.41. The van der Waals surface area contributed by atoms with E-state index < -0.39 is 10.0 Å². The molecule has 2 aromatic rings. The number of methoxy groups -OCH3 is 3. The van der Waals surface area contributed by atoms with Gasteiger partial charge in [-0.05, 0) is 35.2 Å². The van der Waals surface area contributed by atoms with Gasteiger partial charge < -0.3 is 14.2 Å². The van der Waals surface area contributed by atoms with E-state index >= 15 is 0 Å². The first-order chi connectivity index (χ1) is 12.1. The maximum absolute atomic E-state index is 13.0. The molecule has 0 amide bonds. The fraction of sp³-hybridized carbons (Fsp3) is 0.368. The Kier molecular flexibility index (Phi) is 5.71. The predicted molar refractivity (Wildman–Crippen MR) is 102 cm³/mol. The van der Waals surface area contributed by atoms with Crippen molar-refractivity contribution in [1.29, 1.82) is 0 Å². The summed E-state index contributed by atoms with van der Waals surface area (Å²) in [4.78, 5) is -0.0115. The molecule has 0 spiro atoms. The van der Waals surface area contributed by atoms with Gasteiger partial charge >= 0.3 is 0 Å². The molecule has 0 bridgehead atoms. The van der Waals surface area contributed by atoms with Gasteiger partial charge in [-0.3, -0.25) is 4.72 Å². The molecule has 142 valence electrons. The van der Waals surface area contributed by atoms with Gasteiger partial charge in [-0.1, -0.05) is 26.8 Å². The summed E-state index contributed by atoms with van der Waals surface area (Å²) in [7, 11) is 0.470. The molecule has 0 atom stereocenters. The van der Waals surface area contributed by atoms with Crippen molar-refractivity contribution in [2.75, 3.05) is 26.1 Å². The number of benzene rings is 2. The number of ether oxygens (including phenoxy) is 3. The molecule has 0 radical (unpaired) electrons. The average Bonchev–Trinajstić information content (AvgIpc) is 2.60. The minimum atomic E-state index is -3.92. The molecular formula is C19H25NO5S. The molecule has 0 aliphatic heterocycles. The number of anilines is 1. The van der Waals surface area contributed by atoms with Crippen LogP contribution < -0.4 is 18.9 Å². The lowest BCUT2D eigenvalue weighted by Crippen LogP contribution is -2.17. The maximum Gasteiger partial charge on any atom is 0.265 e. The van der Waals surface area contributed by atoms with Crippen molar-refractivity contribution in [3.05, 3.63) is 42.0 Å². The van der Waals surface area contributed by atoms with Crippen molar-refractivity contribution in [2.24, 2.45) is 0 Å². The number of nitrogens with one attached hydrogen (secondary N) is 1. The summed E-state index contributed by atoms with van der Waals surface area (Å²) >= 11 is 0. The standard InChI is InChI=1S/C19H25NO5S/c1-19(2,3)13-7-9-16(24-5)15(11-13)20-26(21,22)18-12-14(23-4)8-10-17(18)25-6/h7-12,20H,1-6H3. The highest BCUT2D eigenvalue weighted by atomic mass is 32.2. The molecule has 1 N–H and O–H groups in total. The summed E-state index contributed by atoms with van der Waals surface area (Å²) in [6.07, 6.45) is 0. The van der Waals surface area contributed by atoms with Gasteiger partial charge in [-0.2, -0.15) is 0 Å². The molecule has 0 aliphatic rings. The third kappa shape index (κ3) is 4.22. The van der Waals surface area contributed by atoms with Gasteiger partial charge in [0.2, 0.25) is 0 Å². The molecule has 2 aromatic carbocycles. The van der Waals surface area contributed by atoms with Crippen LogP contribution in [0.1, 0.15) is 26.3 Å². The van der Waals surface area contributed by atoms with E-state index in [4.69, 9.17) is 14.2 Å². The second-order valence-corrected chi connectivity index (χ2v) is 8.44.